The zero-order valence-corrected chi connectivity index (χ0v) is 13.3. The van der Waals surface area contributed by atoms with E-state index >= 15 is 0 Å². The summed E-state index contributed by atoms with van der Waals surface area (Å²) in [6, 6.07) is -0.450. The van der Waals surface area contributed by atoms with Crippen molar-refractivity contribution in [3.05, 3.63) is 0 Å². The van der Waals surface area contributed by atoms with Crippen molar-refractivity contribution in [2.75, 3.05) is 13.1 Å². The van der Waals surface area contributed by atoms with Gasteiger partial charge in [0.1, 0.15) is 6.10 Å². The predicted molar refractivity (Wildman–Crippen MR) is 81.8 cm³/mol. The lowest BCUT2D eigenvalue weighted by atomic mass is 9.84. The van der Waals surface area contributed by atoms with E-state index in [2.05, 4.69) is 0 Å². The first kappa shape index (κ1) is 16.7. The Morgan fingerprint density at radius 3 is 2.38 bits per heavy atom. The first-order valence-corrected chi connectivity index (χ1v) is 8.35. The van der Waals surface area contributed by atoms with Gasteiger partial charge in [0.15, 0.2) is 0 Å². The highest BCUT2D eigenvalue weighted by Crippen LogP contribution is 2.27. The lowest BCUT2D eigenvalue weighted by Crippen LogP contribution is -2.55. The van der Waals surface area contributed by atoms with Gasteiger partial charge in [0.2, 0.25) is 0 Å². The fraction of sp³-hybridized carbons (Fsp3) is 0.938. The maximum atomic E-state index is 12.4. The summed E-state index contributed by atoms with van der Waals surface area (Å²) in [5.74, 6) is 0.332. The van der Waals surface area contributed by atoms with Crippen molar-refractivity contribution in [2.24, 2.45) is 11.7 Å². The Hall–Kier alpha value is -0.650. The fourth-order valence-corrected chi connectivity index (χ4v) is 3.66. The monoisotopic (exact) mass is 298 g/mol. The molecule has 3 N–H and O–H groups in total. The van der Waals surface area contributed by atoms with E-state index in [4.69, 9.17) is 10.5 Å². The standard InChI is InChI=1S/C16H30N2O3/c1-11-9-18(10-12(2)21-11)16(20)15(19)14(17)8-13-6-4-3-5-7-13/h11-15,19H,3-10,17H2,1-2H3/t11-,12+,14-,15?/m1/s1. The molecule has 0 spiro atoms. The molecule has 0 aromatic carbocycles. The molecule has 0 radical (unpaired) electrons. The van der Waals surface area contributed by atoms with Gasteiger partial charge in [-0.15, -0.1) is 0 Å². The Kier molecular flexibility index (Phi) is 6.02. The van der Waals surface area contributed by atoms with Crippen LogP contribution in [-0.2, 0) is 9.53 Å². The molecule has 1 aliphatic carbocycles. The first-order chi connectivity index (χ1) is 9.97. The second kappa shape index (κ2) is 7.56. The number of aliphatic hydroxyl groups is 1. The Morgan fingerprint density at radius 1 is 1.24 bits per heavy atom. The molecule has 2 rings (SSSR count). The molecule has 0 aromatic heterocycles. The van der Waals surface area contributed by atoms with Crippen molar-refractivity contribution in [2.45, 2.75) is 76.7 Å². The van der Waals surface area contributed by atoms with Crippen LogP contribution in [0.4, 0.5) is 0 Å². The third kappa shape index (κ3) is 4.66. The summed E-state index contributed by atoms with van der Waals surface area (Å²) in [6.45, 7) is 4.97. The summed E-state index contributed by atoms with van der Waals surface area (Å²) >= 11 is 0. The number of carbonyl (C=O) groups is 1. The molecule has 0 bridgehead atoms. The maximum absolute atomic E-state index is 12.4. The van der Waals surface area contributed by atoms with E-state index < -0.39 is 12.1 Å². The molecular formula is C16H30N2O3. The van der Waals surface area contributed by atoms with Crippen molar-refractivity contribution in [3.63, 3.8) is 0 Å². The molecule has 1 heterocycles. The van der Waals surface area contributed by atoms with Crippen LogP contribution in [0.5, 0.6) is 0 Å². The summed E-state index contributed by atoms with van der Waals surface area (Å²) in [4.78, 5) is 14.1. The van der Waals surface area contributed by atoms with Crippen LogP contribution in [0.2, 0.25) is 0 Å². The third-order valence-electron chi connectivity index (χ3n) is 4.72. The van der Waals surface area contributed by atoms with E-state index in [1.165, 1.54) is 32.1 Å². The molecule has 2 fully saturated rings. The number of carbonyl (C=O) groups excluding carboxylic acids is 1. The molecule has 122 valence electrons. The lowest BCUT2D eigenvalue weighted by molar-refractivity contribution is -0.153. The summed E-state index contributed by atoms with van der Waals surface area (Å²) in [6.07, 6.45) is 5.86. The van der Waals surface area contributed by atoms with Crippen molar-refractivity contribution in [1.82, 2.24) is 4.90 Å². The highest BCUT2D eigenvalue weighted by Gasteiger charge is 2.33. The molecule has 5 nitrogen and oxygen atoms in total. The molecule has 0 aromatic rings. The van der Waals surface area contributed by atoms with Crippen LogP contribution in [0.25, 0.3) is 0 Å². The Morgan fingerprint density at radius 2 is 1.81 bits per heavy atom. The Balaban J connectivity index is 1.85. The molecule has 1 unspecified atom stereocenters. The number of rotatable bonds is 4. The maximum Gasteiger partial charge on any atom is 0.253 e. The van der Waals surface area contributed by atoms with Gasteiger partial charge >= 0.3 is 0 Å². The highest BCUT2D eigenvalue weighted by molar-refractivity contribution is 5.81. The van der Waals surface area contributed by atoms with Gasteiger partial charge in [-0.3, -0.25) is 4.79 Å². The zero-order chi connectivity index (χ0) is 15.4. The Bertz CT molecular complexity index is 334. The number of nitrogens with zero attached hydrogens (tertiary/aromatic N) is 1. The van der Waals surface area contributed by atoms with Gasteiger partial charge in [0.05, 0.1) is 12.2 Å². The van der Waals surface area contributed by atoms with Crippen molar-refractivity contribution in [1.29, 1.82) is 0 Å². The van der Waals surface area contributed by atoms with Gasteiger partial charge in [-0.2, -0.15) is 0 Å². The van der Waals surface area contributed by atoms with Crippen molar-refractivity contribution in [3.8, 4) is 0 Å². The van der Waals surface area contributed by atoms with Crippen LogP contribution in [0.1, 0.15) is 52.4 Å². The number of hydrogen-bond acceptors (Lipinski definition) is 4. The quantitative estimate of drug-likeness (QED) is 0.820. The van der Waals surface area contributed by atoms with E-state index in [1.807, 2.05) is 13.8 Å². The van der Waals surface area contributed by atoms with Gasteiger partial charge in [-0.25, -0.2) is 0 Å². The van der Waals surface area contributed by atoms with Crippen LogP contribution >= 0.6 is 0 Å². The van der Waals surface area contributed by atoms with E-state index in [-0.39, 0.29) is 18.1 Å². The largest absolute Gasteiger partial charge is 0.382 e. The van der Waals surface area contributed by atoms with E-state index in [9.17, 15) is 9.90 Å². The van der Waals surface area contributed by atoms with Crippen LogP contribution in [0.15, 0.2) is 0 Å². The Labute approximate surface area is 127 Å². The number of ether oxygens (including phenoxy) is 1. The van der Waals surface area contributed by atoms with E-state index in [0.717, 1.165) is 6.42 Å². The number of hydrogen-bond donors (Lipinski definition) is 2. The predicted octanol–water partition coefficient (Wildman–Crippen LogP) is 1.28. The van der Waals surface area contributed by atoms with E-state index in [0.29, 0.717) is 19.0 Å². The average Bonchev–Trinajstić information content (AvgIpc) is 2.45. The minimum absolute atomic E-state index is 0.0134. The average molecular weight is 298 g/mol. The van der Waals surface area contributed by atoms with Gasteiger partial charge in [0.25, 0.3) is 5.91 Å². The molecule has 2 aliphatic rings. The van der Waals surface area contributed by atoms with Crippen LogP contribution < -0.4 is 5.73 Å². The second-order valence-corrected chi connectivity index (χ2v) is 6.85. The summed E-state index contributed by atoms with van der Waals surface area (Å²) < 4.78 is 5.62. The topological polar surface area (TPSA) is 75.8 Å². The zero-order valence-electron chi connectivity index (χ0n) is 13.3. The molecule has 1 aliphatic heterocycles. The minimum atomic E-state index is -1.08. The van der Waals surface area contributed by atoms with Crippen LogP contribution in [0.3, 0.4) is 0 Å². The number of morpholine rings is 1. The number of amides is 1. The molecule has 1 saturated carbocycles. The highest BCUT2D eigenvalue weighted by atomic mass is 16.5. The first-order valence-electron chi connectivity index (χ1n) is 8.35. The van der Waals surface area contributed by atoms with Gasteiger partial charge in [0, 0.05) is 19.1 Å². The molecule has 1 saturated heterocycles. The van der Waals surface area contributed by atoms with Gasteiger partial charge in [-0.1, -0.05) is 32.1 Å². The number of nitrogens with two attached hydrogens (primary N) is 1. The van der Waals surface area contributed by atoms with Crippen LogP contribution in [-0.4, -0.2) is 53.4 Å². The van der Waals surface area contributed by atoms with Crippen molar-refractivity contribution >= 4 is 5.91 Å². The van der Waals surface area contributed by atoms with Crippen LogP contribution in [0, 0.1) is 5.92 Å². The second-order valence-electron chi connectivity index (χ2n) is 6.85. The smallest absolute Gasteiger partial charge is 0.253 e. The number of aliphatic hydroxyl groups excluding tert-OH is 1. The lowest BCUT2D eigenvalue weighted by Gasteiger charge is -2.37. The summed E-state index contributed by atoms with van der Waals surface area (Å²) in [5, 5.41) is 10.3. The molecule has 4 atom stereocenters. The molecular weight excluding hydrogens is 268 g/mol. The van der Waals surface area contributed by atoms with Crippen molar-refractivity contribution < 1.29 is 14.6 Å². The molecule has 5 heteroatoms. The fourth-order valence-electron chi connectivity index (χ4n) is 3.66. The summed E-state index contributed by atoms with van der Waals surface area (Å²) in [7, 11) is 0. The normalized spacial score (nSPS) is 31.0. The SMILES string of the molecule is C[C@@H]1CN(C(=O)C(O)[C@H](N)CC2CCCCC2)C[C@H](C)O1. The van der Waals surface area contributed by atoms with Gasteiger partial charge in [-0.05, 0) is 26.2 Å². The van der Waals surface area contributed by atoms with E-state index in [1.54, 1.807) is 4.90 Å². The van der Waals surface area contributed by atoms with Gasteiger partial charge < -0.3 is 20.5 Å². The minimum Gasteiger partial charge on any atom is -0.382 e. The third-order valence-corrected chi connectivity index (χ3v) is 4.72. The molecule has 1 amide bonds. The molecule has 21 heavy (non-hydrogen) atoms. The summed E-state index contributed by atoms with van der Waals surface area (Å²) in [5.41, 5.74) is 6.10.